The first kappa shape index (κ1) is 33.4. The maximum absolute atomic E-state index is 14.9. The molecule has 1 N–H and O–H groups in total. The summed E-state index contributed by atoms with van der Waals surface area (Å²) in [6, 6.07) is 34.1. The maximum Gasteiger partial charge on any atom is 0.264 e. The minimum Gasteiger partial charge on any atom is -0.497 e. The SMILES string of the molecule is COc1ccc(C(C)(C)[C@@H]2[C@@H](CCn3cc([C@H](O)c4ccccc4)nn3)O[C@]3(C(=O)N(Cc4ccc(I)cc4)c4ccccc43)[C@H]2C)cc1. The average molecular weight is 769 g/mol. The van der Waals surface area contributed by atoms with Crippen LogP contribution >= 0.6 is 22.6 Å². The predicted octanol–water partition coefficient (Wildman–Crippen LogP) is 7.43. The fourth-order valence-electron chi connectivity index (χ4n) is 8.08. The lowest BCUT2D eigenvalue weighted by Crippen LogP contribution is -2.45. The monoisotopic (exact) mass is 768 g/mol. The van der Waals surface area contributed by atoms with Crippen LogP contribution in [0.1, 0.15) is 61.2 Å². The number of hydrogen-bond acceptors (Lipinski definition) is 6. The van der Waals surface area contributed by atoms with Gasteiger partial charge < -0.3 is 19.5 Å². The van der Waals surface area contributed by atoms with Gasteiger partial charge in [-0.3, -0.25) is 9.48 Å². The number of anilines is 1. The number of benzene rings is 4. The molecule has 0 radical (unpaired) electrons. The molecule has 1 spiro atoms. The van der Waals surface area contributed by atoms with E-state index in [1.807, 2.05) is 65.6 Å². The van der Waals surface area contributed by atoms with Gasteiger partial charge in [-0.1, -0.05) is 98.8 Å². The number of aliphatic hydroxyl groups is 1. The topological polar surface area (TPSA) is 89.7 Å². The average Bonchev–Trinajstić information content (AvgIpc) is 3.79. The van der Waals surface area contributed by atoms with Crippen molar-refractivity contribution >= 4 is 34.2 Å². The van der Waals surface area contributed by atoms with Crippen molar-refractivity contribution in [2.75, 3.05) is 12.0 Å². The van der Waals surface area contributed by atoms with Crippen LogP contribution in [0.3, 0.4) is 0 Å². The van der Waals surface area contributed by atoms with E-state index in [0.29, 0.717) is 25.2 Å². The molecule has 9 heteroatoms. The van der Waals surface area contributed by atoms with Gasteiger partial charge in [0.1, 0.15) is 17.5 Å². The summed E-state index contributed by atoms with van der Waals surface area (Å²) >= 11 is 2.30. The van der Waals surface area contributed by atoms with E-state index in [-0.39, 0.29) is 29.3 Å². The molecule has 1 fully saturated rings. The van der Waals surface area contributed by atoms with Crippen LogP contribution in [0.15, 0.2) is 109 Å². The summed E-state index contributed by atoms with van der Waals surface area (Å²) < 4.78 is 15.6. The lowest BCUT2D eigenvalue weighted by molar-refractivity contribution is -0.146. The molecule has 8 nitrogen and oxygen atoms in total. The smallest absolute Gasteiger partial charge is 0.264 e. The van der Waals surface area contributed by atoms with Gasteiger partial charge in [0, 0.05) is 27.5 Å². The number of aliphatic hydroxyl groups excluding tert-OH is 1. The van der Waals surface area contributed by atoms with Gasteiger partial charge in [-0.2, -0.15) is 0 Å². The van der Waals surface area contributed by atoms with Crippen molar-refractivity contribution in [3.05, 3.63) is 141 Å². The van der Waals surface area contributed by atoms with E-state index in [9.17, 15) is 9.90 Å². The number of aryl methyl sites for hydroxylation is 1. The number of ether oxygens (including phenoxy) is 2. The Hall–Kier alpha value is -4.06. The number of para-hydroxylation sites is 1. The number of rotatable bonds is 10. The summed E-state index contributed by atoms with van der Waals surface area (Å²) in [6.07, 6.45) is 1.25. The zero-order valence-corrected chi connectivity index (χ0v) is 30.3. The summed E-state index contributed by atoms with van der Waals surface area (Å²) in [6.45, 7) is 7.67. The van der Waals surface area contributed by atoms with E-state index in [4.69, 9.17) is 9.47 Å². The highest BCUT2D eigenvalue weighted by Crippen LogP contribution is 2.59. The highest BCUT2D eigenvalue weighted by molar-refractivity contribution is 14.1. The third kappa shape index (κ3) is 5.95. The van der Waals surface area contributed by atoms with Crippen molar-refractivity contribution in [3.63, 3.8) is 0 Å². The molecule has 4 aromatic carbocycles. The Morgan fingerprint density at radius 1 is 0.980 bits per heavy atom. The molecule has 2 aliphatic rings. The van der Waals surface area contributed by atoms with Gasteiger partial charge in [-0.05, 0) is 81.4 Å². The molecule has 5 atom stereocenters. The number of halogens is 1. The molecule has 5 aromatic rings. The standard InChI is InChI=1S/C40H41IN4O4/c1-26-36(39(2,3)29-16-20-31(48-4)21-17-29)35(22-23-44-25-33(42-43-44)37(46)28-10-6-5-7-11-28)49-40(26)32-12-8-9-13-34(32)45(38(40)47)24-27-14-18-30(41)19-15-27/h5-21,25-26,35-37,46H,22-24H2,1-4H3/t26-,35+,36-,37+,40+/m0/s1. The van der Waals surface area contributed by atoms with Gasteiger partial charge in [0.25, 0.3) is 5.91 Å². The van der Waals surface area contributed by atoms with Crippen molar-refractivity contribution in [1.82, 2.24) is 15.0 Å². The van der Waals surface area contributed by atoms with Crippen molar-refractivity contribution in [3.8, 4) is 5.75 Å². The summed E-state index contributed by atoms with van der Waals surface area (Å²) in [7, 11) is 1.67. The van der Waals surface area contributed by atoms with E-state index in [0.717, 1.165) is 37.3 Å². The number of carbonyl (C=O) groups excluding carboxylic acids is 1. The summed E-state index contributed by atoms with van der Waals surface area (Å²) in [4.78, 5) is 16.8. The first-order valence-electron chi connectivity index (χ1n) is 16.7. The Balaban J connectivity index is 1.24. The molecule has 2 aliphatic heterocycles. The number of aromatic nitrogens is 3. The molecule has 0 unspecified atom stereocenters. The normalized spacial score (nSPS) is 22.4. The second-order valence-corrected chi connectivity index (χ2v) is 14.9. The zero-order chi connectivity index (χ0) is 34.3. The van der Waals surface area contributed by atoms with E-state index in [1.165, 1.54) is 0 Å². The number of nitrogens with zero attached hydrogens (tertiary/aromatic N) is 4. The zero-order valence-electron chi connectivity index (χ0n) is 28.2. The number of amides is 1. The van der Waals surface area contributed by atoms with Gasteiger partial charge in [-0.15, -0.1) is 5.10 Å². The van der Waals surface area contributed by atoms with Gasteiger partial charge in [-0.25, -0.2) is 0 Å². The Morgan fingerprint density at radius 2 is 1.67 bits per heavy atom. The van der Waals surface area contributed by atoms with Crippen LogP contribution in [0.4, 0.5) is 5.69 Å². The van der Waals surface area contributed by atoms with Gasteiger partial charge >= 0.3 is 0 Å². The van der Waals surface area contributed by atoms with Gasteiger partial charge in [0.15, 0.2) is 5.60 Å². The first-order valence-corrected chi connectivity index (χ1v) is 17.8. The summed E-state index contributed by atoms with van der Waals surface area (Å²) in [5.41, 5.74) is 3.78. The Morgan fingerprint density at radius 3 is 2.39 bits per heavy atom. The van der Waals surface area contributed by atoms with Crippen molar-refractivity contribution < 1.29 is 19.4 Å². The van der Waals surface area contributed by atoms with Crippen LogP contribution in [0, 0.1) is 15.4 Å². The largest absolute Gasteiger partial charge is 0.497 e. The van der Waals surface area contributed by atoms with Crippen LogP contribution in [0.2, 0.25) is 0 Å². The molecule has 1 saturated heterocycles. The second kappa shape index (κ2) is 13.3. The first-order chi connectivity index (χ1) is 23.6. The van der Waals surface area contributed by atoms with E-state index >= 15 is 0 Å². The Bertz CT molecular complexity index is 1930. The fourth-order valence-corrected chi connectivity index (χ4v) is 8.44. The third-order valence-corrected chi connectivity index (χ3v) is 11.3. The van der Waals surface area contributed by atoms with E-state index in [2.05, 4.69) is 96.1 Å². The maximum atomic E-state index is 14.9. The van der Waals surface area contributed by atoms with Crippen LogP contribution in [-0.4, -0.2) is 39.2 Å². The molecular weight excluding hydrogens is 727 g/mol. The molecule has 49 heavy (non-hydrogen) atoms. The minimum absolute atomic E-state index is 0.0215. The molecule has 1 aromatic heterocycles. The fraction of sp³-hybridized carbons (Fsp3) is 0.325. The van der Waals surface area contributed by atoms with Crippen LogP contribution < -0.4 is 9.64 Å². The Labute approximate surface area is 301 Å². The van der Waals surface area contributed by atoms with Gasteiger partial charge in [0.05, 0.1) is 31.6 Å². The molecule has 0 bridgehead atoms. The van der Waals surface area contributed by atoms with Crippen molar-refractivity contribution in [2.45, 2.75) is 63.5 Å². The number of methoxy groups -OCH3 is 1. The van der Waals surface area contributed by atoms with Crippen LogP contribution in [0.5, 0.6) is 5.75 Å². The highest BCUT2D eigenvalue weighted by Gasteiger charge is 2.65. The lowest BCUT2D eigenvalue weighted by atomic mass is 9.63. The van der Waals surface area contributed by atoms with Gasteiger partial charge in [0.2, 0.25) is 0 Å². The molecule has 252 valence electrons. The lowest BCUT2D eigenvalue weighted by Gasteiger charge is -2.38. The molecule has 0 aliphatic carbocycles. The minimum atomic E-state index is -1.14. The van der Waals surface area contributed by atoms with Crippen LogP contribution in [0.25, 0.3) is 0 Å². The summed E-state index contributed by atoms with van der Waals surface area (Å²) in [5.74, 6) is 0.589. The van der Waals surface area contributed by atoms with Crippen LogP contribution in [-0.2, 0) is 33.6 Å². The number of fused-ring (bicyclic) bond motifs is 2. The van der Waals surface area contributed by atoms with Crippen molar-refractivity contribution in [1.29, 1.82) is 0 Å². The molecule has 7 rings (SSSR count). The quantitative estimate of drug-likeness (QED) is 0.149. The third-order valence-electron chi connectivity index (χ3n) is 10.6. The second-order valence-electron chi connectivity index (χ2n) is 13.7. The molecule has 3 heterocycles. The van der Waals surface area contributed by atoms with E-state index < -0.39 is 11.7 Å². The Kier molecular flexibility index (Phi) is 9.10. The summed E-state index contributed by atoms with van der Waals surface area (Å²) in [5, 5.41) is 19.6. The highest BCUT2D eigenvalue weighted by atomic mass is 127. The number of hydrogen-bond donors (Lipinski definition) is 1. The number of carbonyl (C=O) groups is 1. The van der Waals surface area contributed by atoms with E-state index in [1.54, 1.807) is 18.0 Å². The predicted molar refractivity (Wildman–Crippen MR) is 197 cm³/mol. The van der Waals surface area contributed by atoms with Crippen molar-refractivity contribution in [2.24, 2.45) is 11.8 Å². The molecule has 1 amide bonds. The molecule has 0 saturated carbocycles. The molecular formula is C40H41IN4O4.